The molecule has 2 aliphatic rings. The SMILES string of the molecule is CCc1ocnc1C(=O)N1C[C@H](CC)[C@@H](N2CCOCC2)C1. The van der Waals surface area contributed by atoms with Gasteiger partial charge < -0.3 is 14.1 Å². The van der Waals surface area contributed by atoms with Crippen molar-refractivity contribution in [1.29, 1.82) is 0 Å². The van der Waals surface area contributed by atoms with E-state index in [1.165, 1.54) is 6.39 Å². The van der Waals surface area contributed by atoms with Crippen molar-refractivity contribution in [2.45, 2.75) is 32.7 Å². The lowest BCUT2D eigenvalue weighted by molar-refractivity contribution is 0.0102. The predicted molar refractivity (Wildman–Crippen MR) is 81.7 cm³/mol. The smallest absolute Gasteiger partial charge is 0.276 e. The van der Waals surface area contributed by atoms with Crippen molar-refractivity contribution in [2.75, 3.05) is 39.4 Å². The molecule has 0 saturated carbocycles. The summed E-state index contributed by atoms with van der Waals surface area (Å²) in [5.41, 5.74) is 0.486. The first-order valence-corrected chi connectivity index (χ1v) is 8.28. The van der Waals surface area contributed by atoms with Gasteiger partial charge in [0.05, 0.1) is 13.2 Å². The number of likely N-dealkylation sites (tertiary alicyclic amines) is 1. The molecular formula is C16H25N3O3. The molecule has 6 nitrogen and oxygen atoms in total. The van der Waals surface area contributed by atoms with Crippen molar-refractivity contribution in [3.63, 3.8) is 0 Å². The number of aromatic nitrogens is 1. The summed E-state index contributed by atoms with van der Waals surface area (Å²) in [6.45, 7) is 9.31. The average Bonchev–Trinajstić information content (AvgIpc) is 3.21. The fraction of sp³-hybridized carbons (Fsp3) is 0.750. The summed E-state index contributed by atoms with van der Waals surface area (Å²) in [6, 6.07) is 0.440. The van der Waals surface area contributed by atoms with Crippen molar-refractivity contribution in [2.24, 2.45) is 5.92 Å². The Morgan fingerprint density at radius 2 is 2.09 bits per heavy atom. The third kappa shape index (κ3) is 2.90. The zero-order valence-corrected chi connectivity index (χ0v) is 13.5. The molecule has 0 N–H and O–H groups in total. The number of rotatable bonds is 4. The van der Waals surface area contributed by atoms with Crippen molar-refractivity contribution in [3.8, 4) is 0 Å². The van der Waals surface area contributed by atoms with Crippen molar-refractivity contribution in [1.82, 2.24) is 14.8 Å². The second-order valence-electron chi connectivity index (χ2n) is 6.07. The first-order valence-electron chi connectivity index (χ1n) is 8.28. The summed E-state index contributed by atoms with van der Waals surface area (Å²) in [7, 11) is 0. The Bertz CT molecular complexity index is 510. The number of hydrogen-bond acceptors (Lipinski definition) is 5. The van der Waals surface area contributed by atoms with E-state index in [4.69, 9.17) is 9.15 Å². The zero-order valence-electron chi connectivity index (χ0n) is 13.5. The van der Waals surface area contributed by atoms with Gasteiger partial charge in [-0.25, -0.2) is 4.98 Å². The maximum absolute atomic E-state index is 12.7. The van der Waals surface area contributed by atoms with E-state index in [0.29, 0.717) is 29.8 Å². The minimum absolute atomic E-state index is 0.0137. The van der Waals surface area contributed by atoms with E-state index in [0.717, 1.165) is 45.8 Å². The van der Waals surface area contributed by atoms with Gasteiger partial charge in [-0.15, -0.1) is 0 Å². The van der Waals surface area contributed by atoms with Gasteiger partial charge in [-0.3, -0.25) is 9.69 Å². The van der Waals surface area contributed by atoms with Gasteiger partial charge in [0.15, 0.2) is 12.1 Å². The minimum atomic E-state index is 0.0137. The lowest BCUT2D eigenvalue weighted by atomic mass is 9.99. The highest BCUT2D eigenvalue weighted by Crippen LogP contribution is 2.27. The standard InChI is InChI=1S/C16H25N3O3/c1-3-12-9-19(10-13(12)18-5-7-21-8-6-18)16(20)15-14(4-2)22-11-17-15/h11-13H,3-10H2,1-2H3/t12-,13-/m0/s1. The highest BCUT2D eigenvalue weighted by atomic mass is 16.5. The molecule has 6 heteroatoms. The molecule has 0 aliphatic carbocycles. The number of ether oxygens (including phenoxy) is 1. The van der Waals surface area contributed by atoms with E-state index in [1.54, 1.807) is 0 Å². The van der Waals surface area contributed by atoms with Gasteiger partial charge in [-0.2, -0.15) is 0 Å². The number of hydrogen-bond donors (Lipinski definition) is 0. The Morgan fingerprint density at radius 3 is 2.77 bits per heavy atom. The molecule has 1 amide bonds. The molecule has 2 fully saturated rings. The Hall–Kier alpha value is -1.40. The van der Waals surface area contributed by atoms with Crippen LogP contribution in [0.4, 0.5) is 0 Å². The normalized spacial score (nSPS) is 26.5. The van der Waals surface area contributed by atoms with E-state index >= 15 is 0 Å². The van der Waals surface area contributed by atoms with E-state index in [1.807, 2.05) is 11.8 Å². The molecular weight excluding hydrogens is 282 g/mol. The number of oxazole rings is 1. The third-order valence-corrected chi connectivity index (χ3v) is 4.90. The Kier molecular flexibility index (Phi) is 4.78. The third-order valence-electron chi connectivity index (χ3n) is 4.90. The van der Waals surface area contributed by atoms with Crippen LogP contribution in [0.15, 0.2) is 10.8 Å². The Morgan fingerprint density at radius 1 is 1.32 bits per heavy atom. The number of carbonyl (C=O) groups is 1. The average molecular weight is 307 g/mol. The largest absolute Gasteiger partial charge is 0.448 e. The Balaban J connectivity index is 1.72. The van der Waals surface area contributed by atoms with Crippen LogP contribution in [0.1, 0.15) is 36.5 Å². The summed E-state index contributed by atoms with van der Waals surface area (Å²) in [6.07, 6.45) is 3.16. The fourth-order valence-corrected chi connectivity index (χ4v) is 3.59. The van der Waals surface area contributed by atoms with Gasteiger partial charge in [-0.05, 0) is 5.92 Å². The monoisotopic (exact) mass is 307 g/mol. The van der Waals surface area contributed by atoms with Gasteiger partial charge in [-0.1, -0.05) is 20.3 Å². The van der Waals surface area contributed by atoms with Crippen LogP contribution in [-0.4, -0.2) is 66.1 Å². The van der Waals surface area contributed by atoms with Gasteiger partial charge in [0.2, 0.25) is 0 Å². The summed E-state index contributed by atoms with van der Waals surface area (Å²) < 4.78 is 10.8. The lowest BCUT2D eigenvalue weighted by Gasteiger charge is -2.34. The van der Waals surface area contributed by atoms with Gasteiger partial charge in [0.25, 0.3) is 5.91 Å². The number of nitrogens with zero attached hydrogens (tertiary/aromatic N) is 3. The summed E-state index contributed by atoms with van der Waals surface area (Å²) in [5, 5.41) is 0. The highest BCUT2D eigenvalue weighted by molar-refractivity contribution is 5.93. The molecule has 0 spiro atoms. The van der Waals surface area contributed by atoms with E-state index < -0.39 is 0 Å². The minimum Gasteiger partial charge on any atom is -0.448 e. The molecule has 1 aromatic heterocycles. The van der Waals surface area contributed by atoms with Crippen molar-refractivity contribution in [3.05, 3.63) is 17.8 Å². The zero-order chi connectivity index (χ0) is 15.5. The van der Waals surface area contributed by atoms with Crippen LogP contribution in [0.5, 0.6) is 0 Å². The van der Waals surface area contributed by atoms with Gasteiger partial charge in [0, 0.05) is 38.6 Å². The first kappa shape index (κ1) is 15.5. The molecule has 2 atom stereocenters. The van der Waals surface area contributed by atoms with Gasteiger partial charge >= 0.3 is 0 Å². The van der Waals surface area contributed by atoms with Crippen LogP contribution >= 0.6 is 0 Å². The van der Waals surface area contributed by atoms with E-state index in [9.17, 15) is 4.79 Å². The first-order chi connectivity index (χ1) is 10.7. The molecule has 1 aromatic rings. The maximum Gasteiger partial charge on any atom is 0.276 e. The second-order valence-corrected chi connectivity index (χ2v) is 6.07. The molecule has 3 heterocycles. The number of morpholine rings is 1. The second kappa shape index (κ2) is 6.79. The van der Waals surface area contributed by atoms with Crippen LogP contribution in [-0.2, 0) is 11.2 Å². The van der Waals surface area contributed by atoms with Crippen LogP contribution in [0.25, 0.3) is 0 Å². The van der Waals surface area contributed by atoms with Crippen LogP contribution in [0.3, 0.4) is 0 Å². The van der Waals surface area contributed by atoms with Crippen LogP contribution in [0.2, 0.25) is 0 Å². The molecule has 122 valence electrons. The van der Waals surface area contributed by atoms with Crippen LogP contribution in [0, 0.1) is 5.92 Å². The molecule has 0 radical (unpaired) electrons. The Labute approximate surface area is 131 Å². The number of carbonyl (C=O) groups excluding carboxylic acids is 1. The molecule has 0 aromatic carbocycles. The molecule has 0 bridgehead atoms. The number of amides is 1. The topological polar surface area (TPSA) is 58.8 Å². The molecule has 0 unspecified atom stereocenters. The van der Waals surface area contributed by atoms with E-state index in [-0.39, 0.29) is 5.91 Å². The molecule has 2 aliphatic heterocycles. The van der Waals surface area contributed by atoms with E-state index in [2.05, 4.69) is 16.8 Å². The summed E-state index contributed by atoms with van der Waals surface area (Å²) in [5.74, 6) is 1.23. The molecule has 3 rings (SSSR count). The maximum atomic E-state index is 12.7. The van der Waals surface area contributed by atoms with Crippen molar-refractivity contribution < 1.29 is 13.9 Å². The summed E-state index contributed by atoms with van der Waals surface area (Å²) in [4.78, 5) is 21.3. The lowest BCUT2D eigenvalue weighted by Crippen LogP contribution is -2.47. The molecule has 2 saturated heterocycles. The number of aryl methyl sites for hydroxylation is 1. The van der Waals surface area contributed by atoms with Crippen molar-refractivity contribution >= 4 is 5.91 Å². The van der Waals surface area contributed by atoms with Crippen LogP contribution < -0.4 is 0 Å². The fourth-order valence-electron chi connectivity index (χ4n) is 3.59. The summed E-state index contributed by atoms with van der Waals surface area (Å²) >= 11 is 0. The predicted octanol–water partition coefficient (Wildman–Crippen LogP) is 1.42. The van der Waals surface area contributed by atoms with Gasteiger partial charge in [0.1, 0.15) is 5.76 Å². The quantitative estimate of drug-likeness (QED) is 0.842. The highest BCUT2D eigenvalue weighted by Gasteiger charge is 2.39. The molecule has 22 heavy (non-hydrogen) atoms.